The van der Waals surface area contributed by atoms with E-state index in [0.717, 1.165) is 23.1 Å². The average molecular weight is 588 g/mol. The summed E-state index contributed by atoms with van der Waals surface area (Å²) in [5.41, 5.74) is -4.07. The van der Waals surface area contributed by atoms with E-state index in [2.05, 4.69) is 4.99 Å². The van der Waals surface area contributed by atoms with Gasteiger partial charge in [0.15, 0.2) is 0 Å². The Bertz CT molecular complexity index is 1410. The molecule has 0 fully saturated rings. The molecule has 3 aromatic rings. The van der Waals surface area contributed by atoms with Crippen molar-refractivity contribution in [1.82, 2.24) is 0 Å². The van der Waals surface area contributed by atoms with E-state index in [1.165, 1.54) is 0 Å². The highest BCUT2D eigenvalue weighted by molar-refractivity contribution is 6.11. The van der Waals surface area contributed by atoms with Crippen molar-refractivity contribution in [3.8, 4) is 0 Å². The second-order valence-electron chi connectivity index (χ2n) is 9.37. The number of carbonyl (C=O) groups is 1. The lowest BCUT2D eigenvalue weighted by Crippen LogP contribution is -2.44. The Morgan fingerprint density at radius 2 is 1.39 bits per heavy atom. The first-order chi connectivity index (χ1) is 19.0. The van der Waals surface area contributed by atoms with Crippen LogP contribution in [-0.4, -0.2) is 17.8 Å². The summed E-state index contributed by atoms with van der Waals surface area (Å²) in [5.74, 6) is 0. The number of alkyl halides is 9. The van der Waals surface area contributed by atoms with Crippen LogP contribution in [0.25, 0.3) is 0 Å². The molecule has 1 heterocycles. The van der Waals surface area contributed by atoms with Crippen LogP contribution in [0, 0.1) is 0 Å². The SMILES string of the molecule is CC1CC(=NCc2cc(C(F)(F)F)cc(C(F)(F)F)c2)c2cc(C(F)(F)F)ccc2N1C(=O)OCc1ccccc1. The number of nitrogens with zero attached hydrogens (tertiary/aromatic N) is 2. The molecule has 0 spiro atoms. The van der Waals surface area contributed by atoms with E-state index in [1.54, 1.807) is 37.3 Å². The molecule has 0 saturated heterocycles. The van der Waals surface area contributed by atoms with Crippen LogP contribution in [0.5, 0.6) is 0 Å². The number of rotatable bonds is 4. The predicted octanol–water partition coefficient (Wildman–Crippen LogP) is 8.67. The van der Waals surface area contributed by atoms with Crippen LogP contribution >= 0.6 is 0 Å². The van der Waals surface area contributed by atoms with Gasteiger partial charge in [0.2, 0.25) is 0 Å². The summed E-state index contributed by atoms with van der Waals surface area (Å²) in [7, 11) is 0. The molecule has 218 valence electrons. The largest absolute Gasteiger partial charge is 0.444 e. The standard InChI is InChI=1S/C28H21F9N2O2/c1-16-9-23(38-14-18-10-20(27(32,33)34)12-21(11-18)28(35,36)37)22-13-19(26(29,30)31)7-8-24(22)39(16)25(40)41-15-17-5-3-2-4-6-17/h2-8,10-13,16H,9,14-15H2,1H3. The van der Waals surface area contributed by atoms with Crippen molar-refractivity contribution in [3.63, 3.8) is 0 Å². The zero-order chi connectivity index (χ0) is 30.2. The van der Waals surface area contributed by atoms with Gasteiger partial charge in [0, 0.05) is 23.7 Å². The van der Waals surface area contributed by atoms with Crippen molar-refractivity contribution < 1.29 is 49.0 Å². The van der Waals surface area contributed by atoms with Crippen molar-refractivity contribution in [3.05, 3.63) is 100 Å². The number of ether oxygens (including phenoxy) is 1. The van der Waals surface area contributed by atoms with Crippen molar-refractivity contribution in [2.24, 2.45) is 4.99 Å². The monoisotopic (exact) mass is 588 g/mol. The van der Waals surface area contributed by atoms with Crippen LogP contribution in [0.1, 0.15) is 46.7 Å². The normalized spacial score (nSPS) is 17.0. The zero-order valence-corrected chi connectivity index (χ0v) is 21.2. The number of anilines is 1. The smallest absolute Gasteiger partial charge is 0.416 e. The third-order valence-electron chi connectivity index (χ3n) is 6.33. The number of halogens is 9. The topological polar surface area (TPSA) is 41.9 Å². The molecule has 4 rings (SSSR count). The van der Waals surface area contributed by atoms with E-state index < -0.39 is 59.5 Å². The van der Waals surface area contributed by atoms with Gasteiger partial charge in [0.05, 0.1) is 28.9 Å². The molecule has 41 heavy (non-hydrogen) atoms. The van der Waals surface area contributed by atoms with Gasteiger partial charge in [-0.15, -0.1) is 0 Å². The fourth-order valence-corrected chi connectivity index (χ4v) is 4.39. The summed E-state index contributed by atoms with van der Waals surface area (Å²) in [5, 5.41) is 0. The van der Waals surface area contributed by atoms with Crippen LogP contribution in [0.15, 0.2) is 71.7 Å². The maximum Gasteiger partial charge on any atom is 0.416 e. The van der Waals surface area contributed by atoms with Gasteiger partial charge in [0.1, 0.15) is 6.61 Å². The number of amides is 1. The van der Waals surface area contributed by atoms with Gasteiger partial charge in [0.25, 0.3) is 0 Å². The average Bonchev–Trinajstić information content (AvgIpc) is 2.89. The van der Waals surface area contributed by atoms with Gasteiger partial charge >= 0.3 is 24.6 Å². The minimum Gasteiger partial charge on any atom is -0.444 e. The fraction of sp³-hybridized carbons (Fsp3) is 0.286. The predicted molar refractivity (Wildman–Crippen MR) is 131 cm³/mol. The highest BCUT2D eigenvalue weighted by Crippen LogP contribution is 2.39. The molecule has 3 aromatic carbocycles. The molecule has 1 atom stereocenters. The first kappa shape index (κ1) is 29.9. The summed E-state index contributed by atoms with van der Waals surface area (Å²) >= 11 is 0. The first-order valence-electron chi connectivity index (χ1n) is 12.1. The minimum absolute atomic E-state index is 0.00795. The first-order valence-corrected chi connectivity index (χ1v) is 12.1. The van der Waals surface area contributed by atoms with E-state index in [1.807, 2.05) is 0 Å². The molecule has 0 bridgehead atoms. The van der Waals surface area contributed by atoms with Gasteiger partial charge in [-0.3, -0.25) is 9.89 Å². The van der Waals surface area contributed by atoms with Crippen LogP contribution in [0.4, 0.5) is 50.0 Å². The number of hydrogen-bond acceptors (Lipinski definition) is 3. The Morgan fingerprint density at radius 1 is 0.805 bits per heavy atom. The molecule has 1 unspecified atom stereocenters. The fourth-order valence-electron chi connectivity index (χ4n) is 4.39. The maximum absolute atomic E-state index is 13.5. The maximum atomic E-state index is 13.5. The molecule has 1 aliphatic rings. The quantitative estimate of drug-likeness (QED) is 0.286. The molecule has 13 heteroatoms. The van der Waals surface area contributed by atoms with Crippen molar-refractivity contribution >= 4 is 17.5 Å². The van der Waals surface area contributed by atoms with E-state index in [-0.39, 0.29) is 36.1 Å². The van der Waals surface area contributed by atoms with Crippen LogP contribution in [0.2, 0.25) is 0 Å². The van der Waals surface area contributed by atoms with Crippen molar-refractivity contribution in [2.45, 2.75) is 51.1 Å². The molecular weight excluding hydrogens is 567 g/mol. The summed E-state index contributed by atoms with van der Waals surface area (Å²) in [6.07, 6.45) is -15.9. The number of hydrogen-bond donors (Lipinski definition) is 0. The number of aliphatic imine (C=N–C) groups is 1. The Morgan fingerprint density at radius 3 is 1.95 bits per heavy atom. The molecule has 0 aromatic heterocycles. The van der Waals surface area contributed by atoms with E-state index in [4.69, 9.17) is 4.74 Å². The minimum atomic E-state index is -5.07. The highest BCUT2D eigenvalue weighted by Gasteiger charge is 2.38. The van der Waals surface area contributed by atoms with Crippen LogP contribution in [-0.2, 0) is 36.4 Å². The van der Waals surface area contributed by atoms with Gasteiger partial charge in [-0.25, -0.2) is 4.79 Å². The van der Waals surface area contributed by atoms with Gasteiger partial charge in [-0.2, -0.15) is 39.5 Å². The summed E-state index contributed by atoms with van der Waals surface area (Å²) in [4.78, 5) is 18.3. The molecule has 4 nitrogen and oxygen atoms in total. The number of fused-ring (bicyclic) bond motifs is 1. The third-order valence-corrected chi connectivity index (χ3v) is 6.33. The second kappa shape index (κ2) is 11.1. The van der Waals surface area contributed by atoms with E-state index in [9.17, 15) is 44.3 Å². The summed E-state index contributed by atoms with van der Waals surface area (Å²) in [6, 6.07) is 11.5. The van der Waals surface area contributed by atoms with Gasteiger partial charge in [-0.1, -0.05) is 30.3 Å². The summed E-state index contributed by atoms with van der Waals surface area (Å²) in [6.45, 7) is 0.770. The molecule has 0 aliphatic carbocycles. The Kier molecular flexibility index (Phi) is 8.10. The molecular formula is C28H21F9N2O2. The zero-order valence-electron chi connectivity index (χ0n) is 21.2. The molecule has 1 aliphatic heterocycles. The van der Waals surface area contributed by atoms with Crippen LogP contribution in [0.3, 0.4) is 0 Å². The molecule has 0 radical (unpaired) electrons. The van der Waals surface area contributed by atoms with Crippen molar-refractivity contribution in [2.75, 3.05) is 4.90 Å². The van der Waals surface area contributed by atoms with Crippen LogP contribution < -0.4 is 4.90 Å². The molecule has 0 N–H and O–H groups in total. The second-order valence-corrected chi connectivity index (χ2v) is 9.37. The van der Waals surface area contributed by atoms with Gasteiger partial charge < -0.3 is 4.74 Å². The lowest BCUT2D eigenvalue weighted by molar-refractivity contribution is -0.143. The number of benzene rings is 3. The summed E-state index contributed by atoms with van der Waals surface area (Å²) < 4.78 is 126. The Hall–Kier alpha value is -4.03. The molecule has 0 saturated carbocycles. The Labute approximate surface area is 228 Å². The third kappa shape index (κ3) is 7.01. The van der Waals surface area contributed by atoms with E-state index >= 15 is 0 Å². The number of carbonyl (C=O) groups excluding carboxylic acids is 1. The lowest BCUT2D eigenvalue weighted by atomic mass is 9.93. The highest BCUT2D eigenvalue weighted by atomic mass is 19.4. The molecule has 1 amide bonds. The van der Waals surface area contributed by atoms with E-state index in [0.29, 0.717) is 17.7 Å². The Balaban J connectivity index is 1.72. The van der Waals surface area contributed by atoms with Gasteiger partial charge in [-0.05, 0) is 54.4 Å². The lowest BCUT2D eigenvalue weighted by Gasteiger charge is -2.35. The van der Waals surface area contributed by atoms with Crippen molar-refractivity contribution in [1.29, 1.82) is 0 Å².